The first-order valence-electron chi connectivity index (χ1n) is 11.0. The number of carbonyl (C=O) groups is 2. The standard InChI is InChI=1S/C24H19F3N6O2S/c1-12(14-6-15(25)9-28-8-14)29-24-31-19-4-5-36-21(19)20(32-24)23(35)33-10-16(11-33)30-22(34)13-2-3-17(26)18(27)7-13/h2-9,12,16H,10-11H2,1H3,(H,30,34)(H,29,31,32). The quantitative estimate of drug-likeness (QED) is 0.406. The molecule has 1 atom stereocenters. The lowest BCUT2D eigenvalue weighted by molar-refractivity contribution is 0.0539. The lowest BCUT2D eigenvalue weighted by Gasteiger charge is -2.39. The van der Waals surface area contributed by atoms with Crippen molar-refractivity contribution in [2.24, 2.45) is 0 Å². The van der Waals surface area contributed by atoms with Crippen LogP contribution in [0, 0.1) is 17.5 Å². The highest BCUT2D eigenvalue weighted by molar-refractivity contribution is 7.17. The molecule has 2 N–H and O–H groups in total. The molecule has 8 nitrogen and oxygen atoms in total. The largest absolute Gasteiger partial charge is 0.348 e. The van der Waals surface area contributed by atoms with Crippen LogP contribution in [0.4, 0.5) is 19.1 Å². The molecular weight excluding hydrogens is 493 g/mol. The second-order valence-electron chi connectivity index (χ2n) is 8.34. The van der Waals surface area contributed by atoms with Crippen LogP contribution in [-0.2, 0) is 0 Å². The second-order valence-corrected chi connectivity index (χ2v) is 9.26. The van der Waals surface area contributed by atoms with Gasteiger partial charge >= 0.3 is 0 Å². The Kier molecular flexibility index (Phi) is 6.27. The molecule has 12 heteroatoms. The lowest BCUT2D eigenvalue weighted by Crippen LogP contribution is -2.61. The van der Waals surface area contributed by atoms with Crippen molar-refractivity contribution in [3.05, 3.63) is 82.4 Å². The molecule has 1 unspecified atom stereocenters. The number of anilines is 1. The monoisotopic (exact) mass is 512 g/mol. The molecule has 4 aromatic rings. The van der Waals surface area contributed by atoms with Gasteiger partial charge in [0.1, 0.15) is 5.82 Å². The molecule has 1 aliphatic heterocycles. The van der Waals surface area contributed by atoms with Crippen LogP contribution < -0.4 is 10.6 Å². The second kappa shape index (κ2) is 9.53. The summed E-state index contributed by atoms with van der Waals surface area (Å²) >= 11 is 1.34. The fourth-order valence-electron chi connectivity index (χ4n) is 3.81. The summed E-state index contributed by atoms with van der Waals surface area (Å²) < 4.78 is 40.7. The summed E-state index contributed by atoms with van der Waals surface area (Å²) in [5, 5.41) is 7.60. The maximum Gasteiger partial charge on any atom is 0.274 e. The van der Waals surface area contributed by atoms with Crippen molar-refractivity contribution in [3.63, 3.8) is 0 Å². The zero-order valence-corrected chi connectivity index (χ0v) is 19.7. The molecule has 0 aliphatic carbocycles. The Bertz CT molecular complexity index is 1470. The van der Waals surface area contributed by atoms with E-state index in [-0.39, 0.29) is 48.3 Å². The van der Waals surface area contributed by atoms with Crippen molar-refractivity contribution in [2.45, 2.75) is 19.0 Å². The van der Waals surface area contributed by atoms with Crippen LogP contribution in [-0.4, -0.2) is 50.8 Å². The maximum atomic E-state index is 13.5. The van der Waals surface area contributed by atoms with E-state index in [0.717, 1.165) is 18.3 Å². The SMILES string of the molecule is CC(Nc1nc(C(=O)N2CC(NC(=O)c3ccc(F)c(F)c3)C2)c2sccc2n1)c1cncc(F)c1. The van der Waals surface area contributed by atoms with Crippen LogP contribution >= 0.6 is 11.3 Å². The van der Waals surface area contributed by atoms with Crippen LogP contribution in [0.15, 0.2) is 48.1 Å². The predicted octanol–water partition coefficient (Wildman–Crippen LogP) is 3.93. The third kappa shape index (κ3) is 4.71. The Hall–Kier alpha value is -4.06. The van der Waals surface area contributed by atoms with Crippen LogP contribution in [0.3, 0.4) is 0 Å². The maximum absolute atomic E-state index is 13.5. The van der Waals surface area contributed by atoms with E-state index in [1.165, 1.54) is 34.6 Å². The van der Waals surface area contributed by atoms with E-state index in [1.807, 2.05) is 0 Å². The Morgan fingerprint density at radius 1 is 1.08 bits per heavy atom. The molecular formula is C24H19F3N6O2S. The molecule has 2 amide bonds. The molecule has 184 valence electrons. The molecule has 5 rings (SSSR count). The van der Waals surface area contributed by atoms with Gasteiger partial charge in [-0.2, -0.15) is 0 Å². The summed E-state index contributed by atoms with van der Waals surface area (Å²) in [4.78, 5) is 39.8. The molecule has 3 aromatic heterocycles. The Labute approximate surface area is 207 Å². The number of hydrogen-bond acceptors (Lipinski definition) is 7. The highest BCUT2D eigenvalue weighted by atomic mass is 32.1. The van der Waals surface area contributed by atoms with E-state index in [0.29, 0.717) is 15.8 Å². The number of nitrogens with zero attached hydrogens (tertiary/aromatic N) is 4. The number of pyridine rings is 1. The summed E-state index contributed by atoms with van der Waals surface area (Å²) in [6, 6.07) is 5.34. The van der Waals surface area contributed by atoms with Gasteiger partial charge in [0.2, 0.25) is 5.95 Å². The zero-order valence-electron chi connectivity index (χ0n) is 18.8. The molecule has 36 heavy (non-hydrogen) atoms. The van der Waals surface area contributed by atoms with Crippen molar-refractivity contribution in [2.75, 3.05) is 18.4 Å². The first-order valence-corrected chi connectivity index (χ1v) is 11.8. The van der Waals surface area contributed by atoms with Gasteiger partial charge in [-0.3, -0.25) is 14.6 Å². The number of benzene rings is 1. The molecule has 0 spiro atoms. The minimum Gasteiger partial charge on any atom is -0.348 e. The average Bonchev–Trinajstić information content (AvgIpc) is 3.30. The Morgan fingerprint density at radius 3 is 2.64 bits per heavy atom. The highest BCUT2D eigenvalue weighted by Crippen LogP contribution is 2.27. The fourth-order valence-corrected chi connectivity index (χ4v) is 4.62. The number of halogens is 3. The third-order valence-corrected chi connectivity index (χ3v) is 6.67. The smallest absolute Gasteiger partial charge is 0.274 e. The van der Waals surface area contributed by atoms with E-state index < -0.39 is 23.4 Å². The van der Waals surface area contributed by atoms with Gasteiger partial charge in [0.25, 0.3) is 11.8 Å². The summed E-state index contributed by atoms with van der Waals surface area (Å²) in [6.45, 7) is 2.27. The molecule has 1 aliphatic rings. The minimum absolute atomic E-state index is 0.00638. The lowest BCUT2D eigenvalue weighted by atomic mass is 10.1. The molecule has 4 heterocycles. The number of aromatic nitrogens is 3. The van der Waals surface area contributed by atoms with Gasteiger partial charge in [0, 0.05) is 24.8 Å². The topological polar surface area (TPSA) is 100 Å². The number of amides is 2. The van der Waals surface area contributed by atoms with Gasteiger partial charge in [-0.15, -0.1) is 11.3 Å². The molecule has 1 saturated heterocycles. The normalized spacial score (nSPS) is 14.4. The third-order valence-electron chi connectivity index (χ3n) is 5.76. The number of hydrogen-bond donors (Lipinski definition) is 2. The fraction of sp³-hybridized carbons (Fsp3) is 0.208. The summed E-state index contributed by atoms with van der Waals surface area (Å²) in [7, 11) is 0. The van der Waals surface area contributed by atoms with E-state index in [1.54, 1.807) is 18.4 Å². The first-order chi connectivity index (χ1) is 17.3. The van der Waals surface area contributed by atoms with Gasteiger partial charge in [-0.25, -0.2) is 23.1 Å². The van der Waals surface area contributed by atoms with Crippen LogP contribution in [0.1, 0.15) is 39.4 Å². The summed E-state index contributed by atoms with van der Waals surface area (Å²) in [5.74, 6) is -3.27. The Balaban J connectivity index is 1.28. The van der Waals surface area contributed by atoms with Gasteiger partial charge in [0.05, 0.1) is 28.5 Å². The van der Waals surface area contributed by atoms with Crippen LogP contribution in [0.25, 0.3) is 10.2 Å². The number of rotatable bonds is 6. The number of likely N-dealkylation sites (tertiary alicyclic amines) is 1. The average molecular weight is 513 g/mol. The summed E-state index contributed by atoms with van der Waals surface area (Å²) in [5.41, 5.74) is 1.40. The number of fused-ring (bicyclic) bond motifs is 1. The Morgan fingerprint density at radius 2 is 1.89 bits per heavy atom. The van der Waals surface area contributed by atoms with Crippen molar-refractivity contribution in [1.82, 2.24) is 25.2 Å². The van der Waals surface area contributed by atoms with Crippen molar-refractivity contribution in [3.8, 4) is 0 Å². The zero-order chi connectivity index (χ0) is 25.4. The first kappa shape index (κ1) is 23.7. The van der Waals surface area contributed by atoms with E-state index in [2.05, 4.69) is 25.6 Å². The molecule has 0 saturated carbocycles. The van der Waals surface area contributed by atoms with Crippen molar-refractivity contribution >= 4 is 39.3 Å². The van der Waals surface area contributed by atoms with Gasteiger partial charge < -0.3 is 15.5 Å². The highest BCUT2D eigenvalue weighted by Gasteiger charge is 2.34. The molecule has 0 bridgehead atoms. The number of nitrogens with one attached hydrogen (secondary N) is 2. The molecule has 0 radical (unpaired) electrons. The van der Waals surface area contributed by atoms with E-state index in [9.17, 15) is 22.8 Å². The molecule has 1 aromatic carbocycles. The van der Waals surface area contributed by atoms with Crippen LogP contribution in [0.2, 0.25) is 0 Å². The van der Waals surface area contributed by atoms with Gasteiger partial charge in [0.15, 0.2) is 17.3 Å². The number of carbonyl (C=O) groups excluding carboxylic acids is 2. The predicted molar refractivity (Wildman–Crippen MR) is 127 cm³/mol. The van der Waals surface area contributed by atoms with Crippen LogP contribution in [0.5, 0.6) is 0 Å². The van der Waals surface area contributed by atoms with Gasteiger partial charge in [-0.05, 0) is 48.2 Å². The summed E-state index contributed by atoms with van der Waals surface area (Å²) in [6.07, 6.45) is 2.65. The molecule has 1 fully saturated rings. The number of thiophene rings is 1. The van der Waals surface area contributed by atoms with Crippen molar-refractivity contribution in [1.29, 1.82) is 0 Å². The van der Waals surface area contributed by atoms with Gasteiger partial charge in [-0.1, -0.05) is 0 Å². The van der Waals surface area contributed by atoms with Crippen molar-refractivity contribution < 1.29 is 22.8 Å². The van der Waals surface area contributed by atoms with E-state index in [4.69, 9.17) is 0 Å². The van der Waals surface area contributed by atoms with E-state index >= 15 is 0 Å². The minimum atomic E-state index is -1.11.